The van der Waals surface area contributed by atoms with E-state index in [4.69, 9.17) is 4.74 Å². The first kappa shape index (κ1) is 19.9. The number of carbonyl (C=O) groups excluding carboxylic acids is 2. The zero-order valence-corrected chi connectivity index (χ0v) is 16.8. The van der Waals surface area contributed by atoms with Crippen molar-refractivity contribution in [3.63, 3.8) is 0 Å². The number of nitrogens with one attached hydrogen (secondary N) is 1. The second-order valence-electron chi connectivity index (χ2n) is 7.46. The molecule has 0 bridgehead atoms. The first-order valence-electron chi connectivity index (χ1n) is 9.75. The number of carbonyl (C=O) groups is 2. The number of rotatable bonds is 5. The Hall–Kier alpha value is -2.82. The number of aryl methyl sites for hydroxylation is 2. The highest BCUT2D eigenvalue weighted by Crippen LogP contribution is 2.17. The Labute approximate surface area is 166 Å². The van der Waals surface area contributed by atoms with Crippen molar-refractivity contribution in [1.29, 1.82) is 0 Å². The zero-order valence-electron chi connectivity index (χ0n) is 16.8. The minimum Gasteiger partial charge on any atom is -0.497 e. The number of piperidine rings is 1. The molecule has 1 aliphatic rings. The normalized spacial score (nSPS) is 14.6. The molecule has 0 saturated carbocycles. The molecule has 1 fully saturated rings. The number of nitrogens with zero attached hydrogens (tertiary/aromatic N) is 1. The van der Waals surface area contributed by atoms with E-state index >= 15 is 0 Å². The zero-order chi connectivity index (χ0) is 20.1. The highest BCUT2D eigenvalue weighted by atomic mass is 16.5. The standard InChI is InChI=1S/C23H28N2O3/c1-16-4-7-19(14-17(16)2)23(27)25-12-10-20(11-13-25)24-22(26)15-18-5-8-21(28-3)9-6-18/h4-9,14,20H,10-13,15H2,1-3H3,(H,24,26). The van der Waals surface area contributed by atoms with E-state index < -0.39 is 0 Å². The monoisotopic (exact) mass is 380 g/mol. The summed E-state index contributed by atoms with van der Waals surface area (Å²) in [7, 11) is 1.62. The lowest BCUT2D eigenvalue weighted by atomic mass is 10.0. The van der Waals surface area contributed by atoms with Gasteiger partial charge < -0.3 is 15.0 Å². The van der Waals surface area contributed by atoms with Crippen molar-refractivity contribution in [2.75, 3.05) is 20.2 Å². The number of methoxy groups -OCH3 is 1. The van der Waals surface area contributed by atoms with Crippen molar-refractivity contribution in [2.24, 2.45) is 0 Å². The fourth-order valence-corrected chi connectivity index (χ4v) is 3.49. The topological polar surface area (TPSA) is 58.6 Å². The fraction of sp³-hybridized carbons (Fsp3) is 0.391. The summed E-state index contributed by atoms with van der Waals surface area (Å²) in [5.74, 6) is 0.875. The first-order valence-corrected chi connectivity index (χ1v) is 9.75. The van der Waals surface area contributed by atoms with Gasteiger partial charge in [0, 0.05) is 24.7 Å². The number of hydrogen-bond donors (Lipinski definition) is 1. The van der Waals surface area contributed by atoms with E-state index in [2.05, 4.69) is 5.32 Å². The Bertz CT molecular complexity index is 837. The SMILES string of the molecule is COc1ccc(CC(=O)NC2CCN(C(=O)c3ccc(C)c(C)c3)CC2)cc1. The van der Waals surface area contributed by atoms with Gasteiger partial charge in [-0.1, -0.05) is 18.2 Å². The molecule has 2 aromatic carbocycles. The Morgan fingerprint density at radius 3 is 2.32 bits per heavy atom. The van der Waals surface area contributed by atoms with E-state index in [0.717, 1.165) is 35.3 Å². The van der Waals surface area contributed by atoms with Gasteiger partial charge in [-0.2, -0.15) is 0 Å². The minimum atomic E-state index is 0.0177. The van der Waals surface area contributed by atoms with Crippen LogP contribution in [0, 0.1) is 13.8 Å². The van der Waals surface area contributed by atoms with Crippen LogP contribution in [0.1, 0.15) is 39.9 Å². The van der Waals surface area contributed by atoms with Gasteiger partial charge in [0.2, 0.25) is 5.91 Å². The average Bonchev–Trinajstić information content (AvgIpc) is 2.70. The van der Waals surface area contributed by atoms with Crippen molar-refractivity contribution >= 4 is 11.8 Å². The Kier molecular flexibility index (Phi) is 6.34. The highest BCUT2D eigenvalue weighted by Gasteiger charge is 2.24. The molecule has 0 radical (unpaired) electrons. The maximum absolute atomic E-state index is 12.7. The summed E-state index contributed by atoms with van der Waals surface area (Å²) in [4.78, 5) is 26.9. The molecule has 0 unspecified atom stereocenters. The number of amides is 2. The molecule has 1 saturated heterocycles. The molecule has 0 spiro atoms. The molecule has 28 heavy (non-hydrogen) atoms. The lowest BCUT2D eigenvalue weighted by Gasteiger charge is -2.32. The van der Waals surface area contributed by atoms with Crippen LogP contribution in [0.3, 0.4) is 0 Å². The molecular formula is C23H28N2O3. The van der Waals surface area contributed by atoms with Crippen molar-refractivity contribution in [3.8, 4) is 5.75 Å². The van der Waals surface area contributed by atoms with E-state index in [0.29, 0.717) is 19.5 Å². The fourth-order valence-electron chi connectivity index (χ4n) is 3.49. The maximum Gasteiger partial charge on any atom is 0.253 e. The van der Waals surface area contributed by atoms with Crippen LogP contribution in [0.25, 0.3) is 0 Å². The second-order valence-corrected chi connectivity index (χ2v) is 7.46. The summed E-state index contributed by atoms with van der Waals surface area (Å²) < 4.78 is 5.14. The summed E-state index contributed by atoms with van der Waals surface area (Å²) in [5.41, 5.74) is 4.02. The van der Waals surface area contributed by atoms with E-state index in [9.17, 15) is 9.59 Å². The number of hydrogen-bond acceptors (Lipinski definition) is 3. The highest BCUT2D eigenvalue weighted by molar-refractivity contribution is 5.94. The molecule has 148 valence electrons. The summed E-state index contributed by atoms with van der Waals surface area (Å²) >= 11 is 0. The number of ether oxygens (including phenoxy) is 1. The third-order valence-corrected chi connectivity index (χ3v) is 5.42. The number of likely N-dealkylation sites (tertiary alicyclic amines) is 1. The van der Waals surface area contributed by atoms with Crippen LogP contribution in [-0.2, 0) is 11.2 Å². The van der Waals surface area contributed by atoms with Gasteiger partial charge in [-0.05, 0) is 67.6 Å². The molecule has 5 heteroatoms. The van der Waals surface area contributed by atoms with E-state index in [-0.39, 0.29) is 17.9 Å². The molecule has 3 rings (SSSR count). The van der Waals surface area contributed by atoms with Gasteiger partial charge in [-0.3, -0.25) is 9.59 Å². The largest absolute Gasteiger partial charge is 0.497 e. The van der Waals surface area contributed by atoms with Gasteiger partial charge in [-0.25, -0.2) is 0 Å². The molecular weight excluding hydrogens is 352 g/mol. The van der Waals surface area contributed by atoms with Crippen LogP contribution in [0.15, 0.2) is 42.5 Å². The number of benzene rings is 2. The first-order chi connectivity index (χ1) is 13.5. The summed E-state index contributed by atoms with van der Waals surface area (Å²) in [6, 6.07) is 13.5. The summed E-state index contributed by atoms with van der Waals surface area (Å²) in [5, 5.41) is 3.10. The van der Waals surface area contributed by atoms with Crippen molar-refractivity contribution < 1.29 is 14.3 Å². The predicted molar refractivity (Wildman–Crippen MR) is 110 cm³/mol. The van der Waals surface area contributed by atoms with Gasteiger partial charge in [0.25, 0.3) is 5.91 Å². The molecule has 2 amide bonds. The summed E-state index contributed by atoms with van der Waals surface area (Å²) in [6.07, 6.45) is 1.92. The summed E-state index contributed by atoms with van der Waals surface area (Å²) in [6.45, 7) is 5.40. The van der Waals surface area contributed by atoms with Crippen LogP contribution >= 0.6 is 0 Å². The molecule has 5 nitrogen and oxygen atoms in total. The Morgan fingerprint density at radius 2 is 1.71 bits per heavy atom. The molecule has 0 atom stereocenters. The lowest BCUT2D eigenvalue weighted by Crippen LogP contribution is -2.46. The molecule has 2 aromatic rings. The lowest BCUT2D eigenvalue weighted by molar-refractivity contribution is -0.121. The third-order valence-electron chi connectivity index (χ3n) is 5.42. The smallest absolute Gasteiger partial charge is 0.253 e. The van der Waals surface area contributed by atoms with Crippen molar-refractivity contribution in [3.05, 3.63) is 64.7 Å². The van der Waals surface area contributed by atoms with Crippen LogP contribution < -0.4 is 10.1 Å². The predicted octanol–water partition coefficient (Wildman–Crippen LogP) is 3.28. The molecule has 1 heterocycles. The van der Waals surface area contributed by atoms with E-state index in [1.807, 2.05) is 61.2 Å². The third kappa shape index (κ3) is 4.91. The van der Waals surface area contributed by atoms with Crippen molar-refractivity contribution in [2.45, 2.75) is 39.2 Å². The van der Waals surface area contributed by atoms with Crippen LogP contribution in [0.2, 0.25) is 0 Å². The van der Waals surface area contributed by atoms with Crippen molar-refractivity contribution in [1.82, 2.24) is 10.2 Å². The van der Waals surface area contributed by atoms with Crippen LogP contribution in [0.5, 0.6) is 5.75 Å². The van der Waals surface area contributed by atoms with E-state index in [1.165, 1.54) is 5.56 Å². The van der Waals surface area contributed by atoms with Gasteiger partial charge >= 0.3 is 0 Å². The van der Waals surface area contributed by atoms with Crippen LogP contribution in [0.4, 0.5) is 0 Å². The van der Waals surface area contributed by atoms with Crippen LogP contribution in [-0.4, -0.2) is 43.0 Å². The van der Waals surface area contributed by atoms with Gasteiger partial charge in [0.15, 0.2) is 0 Å². The second kappa shape index (κ2) is 8.91. The molecule has 0 aromatic heterocycles. The molecule has 1 aliphatic heterocycles. The van der Waals surface area contributed by atoms with E-state index in [1.54, 1.807) is 7.11 Å². The molecule has 0 aliphatic carbocycles. The van der Waals surface area contributed by atoms with Gasteiger partial charge in [-0.15, -0.1) is 0 Å². The Morgan fingerprint density at radius 1 is 1.04 bits per heavy atom. The maximum atomic E-state index is 12.7. The molecule has 1 N–H and O–H groups in total. The van der Waals surface area contributed by atoms with Gasteiger partial charge in [0.1, 0.15) is 5.75 Å². The average molecular weight is 380 g/mol. The Balaban J connectivity index is 1.48. The van der Waals surface area contributed by atoms with Gasteiger partial charge in [0.05, 0.1) is 13.5 Å². The minimum absolute atomic E-state index is 0.0177. The quantitative estimate of drug-likeness (QED) is 0.866.